The molecule has 88 valence electrons. The third-order valence-electron chi connectivity index (χ3n) is 2.42. The van der Waals surface area contributed by atoms with Gasteiger partial charge < -0.3 is 5.43 Å². The van der Waals surface area contributed by atoms with E-state index in [0.29, 0.717) is 17.6 Å². The summed E-state index contributed by atoms with van der Waals surface area (Å²) in [4.78, 5) is 12.8. The molecule has 0 aliphatic rings. The van der Waals surface area contributed by atoms with Crippen LogP contribution < -0.4 is 11.3 Å². The number of hydrazine groups is 1. The molecule has 0 bridgehead atoms. The maximum atomic E-state index is 5.41. The van der Waals surface area contributed by atoms with Crippen LogP contribution in [0.25, 0.3) is 11.4 Å². The van der Waals surface area contributed by atoms with Crippen molar-refractivity contribution in [2.75, 3.05) is 5.43 Å². The van der Waals surface area contributed by atoms with Crippen LogP contribution in [0.5, 0.6) is 0 Å². The van der Waals surface area contributed by atoms with Crippen LogP contribution in [0.4, 0.5) is 5.82 Å². The highest BCUT2D eigenvalue weighted by Gasteiger charge is 2.08. The monoisotopic (exact) mass is 229 g/mol. The van der Waals surface area contributed by atoms with Crippen LogP contribution in [0.2, 0.25) is 0 Å². The van der Waals surface area contributed by atoms with Crippen LogP contribution >= 0.6 is 0 Å². The van der Waals surface area contributed by atoms with Gasteiger partial charge in [0.25, 0.3) is 0 Å². The Hall–Kier alpha value is -2.01. The second-order valence-corrected chi connectivity index (χ2v) is 4.04. The normalized spacial score (nSPS) is 10.6. The Morgan fingerprint density at radius 3 is 2.47 bits per heavy atom. The molecule has 5 nitrogen and oxygen atoms in total. The van der Waals surface area contributed by atoms with E-state index in [1.54, 1.807) is 12.4 Å². The number of nitrogens with two attached hydrogens (primary N) is 1. The van der Waals surface area contributed by atoms with Crippen molar-refractivity contribution in [1.29, 1.82) is 0 Å². The number of nitrogens with one attached hydrogen (secondary N) is 1. The molecule has 2 heterocycles. The maximum absolute atomic E-state index is 5.41. The fraction of sp³-hybridized carbons (Fsp3) is 0.250. The van der Waals surface area contributed by atoms with Gasteiger partial charge in [-0.2, -0.15) is 0 Å². The van der Waals surface area contributed by atoms with Gasteiger partial charge in [-0.25, -0.2) is 15.8 Å². The Bertz CT molecular complexity index is 496. The summed E-state index contributed by atoms with van der Waals surface area (Å²) >= 11 is 0. The van der Waals surface area contributed by atoms with E-state index in [9.17, 15) is 0 Å². The molecule has 2 aromatic rings. The number of nitrogens with zero attached hydrogens (tertiary/aromatic N) is 3. The maximum Gasteiger partial charge on any atom is 0.161 e. The summed E-state index contributed by atoms with van der Waals surface area (Å²) < 4.78 is 0. The van der Waals surface area contributed by atoms with Crippen molar-refractivity contribution in [3.63, 3.8) is 0 Å². The highest BCUT2D eigenvalue weighted by molar-refractivity contribution is 5.56. The second-order valence-electron chi connectivity index (χ2n) is 4.04. The van der Waals surface area contributed by atoms with E-state index in [-0.39, 0.29) is 0 Å². The Balaban J connectivity index is 2.50. The van der Waals surface area contributed by atoms with Crippen molar-refractivity contribution in [3.8, 4) is 11.4 Å². The highest BCUT2D eigenvalue weighted by Crippen LogP contribution is 2.20. The Kier molecular flexibility index (Phi) is 3.30. The number of hydrogen-bond donors (Lipinski definition) is 2. The zero-order chi connectivity index (χ0) is 12.3. The molecule has 0 aliphatic carbocycles. The molecule has 0 aromatic carbocycles. The lowest BCUT2D eigenvalue weighted by Crippen LogP contribution is -2.11. The topological polar surface area (TPSA) is 76.7 Å². The second kappa shape index (κ2) is 4.88. The average molecular weight is 229 g/mol. The van der Waals surface area contributed by atoms with Gasteiger partial charge in [0.1, 0.15) is 5.82 Å². The first kappa shape index (κ1) is 11.5. The molecule has 0 fully saturated rings. The zero-order valence-electron chi connectivity index (χ0n) is 9.88. The number of nitrogen functional groups attached to an aromatic ring is 1. The van der Waals surface area contributed by atoms with E-state index in [1.165, 1.54) is 0 Å². The summed E-state index contributed by atoms with van der Waals surface area (Å²) in [5, 5.41) is 0. The lowest BCUT2D eigenvalue weighted by Gasteiger charge is -2.09. The van der Waals surface area contributed by atoms with E-state index in [2.05, 4.69) is 34.2 Å². The summed E-state index contributed by atoms with van der Waals surface area (Å²) in [6.45, 7) is 4.16. The third kappa shape index (κ3) is 2.57. The SMILES string of the molecule is CC(C)c1cc(NN)nc(-c2ccncc2)n1. The molecule has 5 heteroatoms. The minimum Gasteiger partial charge on any atom is -0.308 e. The number of pyridine rings is 1. The third-order valence-corrected chi connectivity index (χ3v) is 2.42. The van der Waals surface area contributed by atoms with E-state index in [1.807, 2.05) is 18.2 Å². The van der Waals surface area contributed by atoms with Crippen molar-refractivity contribution in [1.82, 2.24) is 15.0 Å². The number of anilines is 1. The molecule has 0 spiro atoms. The number of aromatic nitrogens is 3. The molecule has 2 aromatic heterocycles. The largest absolute Gasteiger partial charge is 0.308 e. The van der Waals surface area contributed by atoms with Crippen molar-refractivity contribution < 1.29 is 0 Å². The lowest BCUT2D eigenvalue weighted by atomic mass is 10.1. The van der Waals surface area contributed by atoms with Gasteiger partial charge in [0, 0.05) is 29.7 Å². The molecule has 0 saturated carbocycles. The predicted molar refractivity (Wildman–Crippen MR) is 67.2 cm³/mol. The average Bonchev–Trinajstić information content (AvgIpc) is 2.39. The minimum absolute atomic E-state index is 0.325. The van der Waals surface area contributed by atoms with Crippen LogP contribution in [-0.4, -0.2) is 15.0 Å². The molecular formula is C12H15N5. The van der Waals surface area contributed by atoms with Gasteiger partial charge in [-0.05, 0) is 18.1 Å². The molecule has 0 amide bonds. The summed E-state index contributed by atoms with van der Waals surface area (Å²) in [6.07, 6.45) is 3.44. The molecule has 0 atom stereocenters. The molecule has 0 aliphatic heterocycles. The molecule has 0 unspecified atom stereocenters. The summed E-state index contributed by atoms with van der Waals surface area (Å²) in [7, 11) is 0. The molecule has 0 radical (unpaired) electrons. The van der Waals surface area contributed by atoms with Gasteiger partial charge >= 0.3 is 0 Å². The van der Waals surface area contributed by atoms with Crippen molar-refractivity contribution >= 4 is 5.82 Å². The van der Waals surface area contributed by atoms with Crippen LogP contribution in [0.15, 0.2) is 30.6 Å². The van der Waals surface area contributed by atoms with E-state index >= 15 is 0 Å². The van der Waals surface area contributed by atoms with Crippen LogP contribution in [0.1, 0.15) is 25.5 Å². The van der Waals surface area contributed by atoms with Crippen molar-refractivity contribution in [2.24, 2.45) is 5.84 Å². The van der Waals surface area contributed by atoms with Crippen LogP contribution in [0, 0.1) is 0 Å². The summed E-state index contributed by atoms with van der Waals surface area (Å²) in [6, 6.07) is 5.61. The highest BCUT2D eigenvalue weighted by atomic mass is 15.3. The van der Waals surface area contributed by atoms with Crippen LogP contribution in [0.3, 0.4) is 0 Å². The van der Waals surface area contributed by atoms with Gasteiger partial charge in [0.15, 0.2) is 5.82 Å². The number of rotatable bonds is 3. The molecule has 0 saturated heterocycles. The molecular weight excluding hydrogens is 214 g/mol. The zero-order valence-corrected chi connectivity index (χ0v) is 9.88. The molecule has 3 N–H and O–H groups in total. The lowest BCUT2D eigenvalue weighted by molar-refractivity contribution is 0.817. The molecule has 2 rings (SSSR count). The Morgan fingerprint density at radius 1 is 1.18 bits per heavy atom. The van der Waals surface area contributed by atoms with Crippen molar-refractivity contribution in [3.05, 3.63) is 36.3 Å². The first-order valence-electron chi connectivity index (χ1n) is 5.46. The Morgan fingerprint density at radius 2 is 1.88 bits per heavy atom. The van der Waals surface area contributed by atoms with E-state index in [4.69, 9.17) is 5.84 Å². The summed E-state index contributed by atoms with van der Waals surface area (Å²) in [5.74, 6) is 7.02. The molecule has 17 heavy (non-hydrogen) atoms. The quantitative estimate of drug-likeness (QED) is 0.621. The first-order chi connectivity index (χ1) is 8.20. The van der Waals surface area contributed by atoms with E-state index < -0.39 is 0 Å². The predicted octanol–water partition coefficient (Wildman–Crippen LogP) is 1.95. The van der Waals surface area contributed by atoms with E-state index in [0.717, 1.165) is 11.3 Å². The smallest absolute Gasteiger partial charge is 0.161 e. The number of hydrogen-bond acceptors (Lipinski definition) is 5. The Labute approximate surface area is 100 Å². The summed E-state index contributed by atoms with van der Waals surface area (Å²) in [5.41, 5.74) is 4.45. The van der Waals surface area contributed by atoms with Gasteiger partial charge in [0.2, 0.25) is 0 Å². The standard InChI is InChI=1S/C12H15N5/c1-8(2)10-7-11(17-13)16-12(15-10)9-3-5-14-6-4-9/h3-8H,13H2,1-2H3,(H,15,16,17). The van der Waals surface area contributed by atoms with Crippen molar-refractivity contribution in [2.45, 2.75) is 19.8 Å². The van der Waals surface area contributed by atoms with Gasteiger partial charge in [-0.3, -0.25) is 4.98 Å². The van der Waals surface area contributed by atoms with Crippen LogP contribution in [-0.2, 0) is 0 Å². The minimum atomic E-state index is 0.325. The first-order valence-corrected chi connectivity index (χ1v) is 5.46. The van der Waals surface area contributed by atoms with Gasteiger partial charge in [-0.1, -0.05) is 13.8 Å². The fourth-order valence-electron chi connectivity index (χ4n) is 1.47. The fourth-order valence-corrected chi connectivity index (χ4v) is 1.47. The van der Waals surface area contributed by atoms with Gasteiger partial charge in [-0.15, -0.1) is 0 Å². The van der Waals surface area contributed by atoms with Gasteiger partial charge in [0.05, 0.1) is 0 Å².